The van der Waals surface area contributed by atoms with Gasteiger partial charge in [0.05, 0.1) is 16.2 Å². The first kappa shape index (κ1) is 21.5. The van der Waals surface area contributed by atoms with Gasteiger partial charge in [0.15, 0.2) is 0 Å². The maximum absolute atomic E-state index is 13.1. The summed E-state index contributed by atoms with van der Waals surface area (Å²) in [5, 5.41) is 7.71. The van der Waals surface area contributed by atoms with Gasteiger partial charge in [-0.1, -0.05) is 30.3 Å². The van der Waals surface area contributed by atoms with Gasteiger partial charge in [-0.05, 0) is 74.9 Å². The Morgan fingerprint density at radius 2 is 2.00 bits per heavy atom. The third kappa shape index (κ3) is 4.19. The smallest absolute Gasteiger partial charge is 0.256 e. The molecular weight excluding hydrogens is 636 g/mol. The van der Waals surface area contributed by atoms with Gasteiger partial charge in [-0.3, -0.25) is 9.69 Å². The van der Waals surface area contributed by atoms with E-state index >= 15 is 0 Å². The SMILES string of the molecule is COc1c(I)cc(I)cc1C1NC(=O)c2c(sc3c2CCN(Cc2ccccc2)C3)N1. The Labute approximate surface area is 212 Å². The number of fused-ring (bicyclic) bond motifs is 3. The number of rotatable bonds is 4. The van der Waals surface area contributed by atoms with Crippen LogP contribution in [0.25, 0.3) is 0 Å². The lowest BCUT2D eigenvalue weighted by molar-refractivity contribution is 0.0934. The van der Waals surface area contributed by atoms with Crippen LogP contribution in [0.5, 0.6) is 5.75 Å². The van der Waals surface area contributed by atoms with Crippen LogP contribution in [0.1, 0.15) is 38.1 Å². The Morgan fingerprint density at radius 3 is 2.77 bits per heavy atom. The van der Waals surface area contributed by atoms with Crippen LogP contribution in [0.3, 0.4) is 0 Å². The summed E-state index contributed by atoms with van der Waals surface area (Å²) in [6.45, 7) is 2.78. The summed E-state index contributed by atoms with van der Waals surface area (Å²) in [6.07, 6.45) is 0.594. The van der Waals surface area contributed by atoms with E-state index < -0.39 is 0 Å². The van der Waals surface area contributed by atoms with E-state index in [0.29, 0.717) is 0 Å². The predicted molar refractivity (Wildman–Crippen MR) is 141 cm³/mol. The van der Waals surface area contributed by atoms with Crippen LogP contribution in [-0.2, 0) is 19.5 Å². The number of thiophene rings is 1. The number of halogens is 2. The molecule has 0 saturated carbocycles. The number of hydrogen-bond acceptors (Lipinski definition) is 5. The molecule has 0 spiro atoms. The van der Waals surface area contributed by atoms with E-state index in [0.717, 1.165) is 55.1 Å². The Kier molecular flexibility index (Phi) is 6.15. The molecule has 2 aromatic carbocycles. The summed E-state index contributed by atoms with van der Waals surface area (Å²) in [6, 6.07) is 14.7. The van der Waals surface area contributed by atoms with Crippen molar-refractivity contribution in [2.75, 3.05) is 19.0 Å². The molecule has 1 atom stereocenters. The molecule has 0 radical (unpaired) electrons. The van der Waals surface area contributed by atoms with E-state index in [-0.39, 0.29) is 12.1 Å². The van der Waals surface area contributed by atoms with Gasteiger partial charge in [-0.25, -0.2) is 0 Å². The zero-order valence-corrected chi connectivity index (χ0v) is 22.0. The number of ether oxygens (including phenoxy) is 1. The highest BCUT2D eigenvalue weighted by Crippen LogP contribution is 2.42. The van der Waals surface area contributed by atoms with Crippen LogP contribution in [0.2, 0.25) is 0 Å². The first-order valence-electron chi connectivity index (χ1n) is 10.0. The van der Waals surface area contributed by atoms with E-state index in [1.807, 2.05) is 0 Å². The summed E-state index contributed by atoms with van der Waals surface area (Å²) in [5.41, 5.74) is 4.31. The summed E-state index contributed by atoms with van der Waals surface area (Å²) in [5.74, 6) is 0.807. The number of carbonyl (C=O) groups is 1. The maximum atomic E-state index is 13.1. The lowest BCUT2D eigenvalue weighted by atomic mass is 10.00. The lowest BCUT2D eigenvalue weighted by Crippen LogP contribution is -2.39. The number of nitrogens with zero attached hydrogens (tertiary/aromatic N) is 1. The fraction of sp³-hybridized carbons (Fsp3) is 0.261. The minimum atomic E-state index is -0.307. The van der Waals surface area contributed by atoms with Crippen molar-refractivity contribution in [3.05, 3.63) is 76.7 Å². The highest BCUT2D eigenvalue weighted by Gasteiger charge is 2.34. The molecule has 160 valence electrons. The van der Waals surface area contributed by atoms with Crippen molar-refractivity contribution in [1.82, 2.24) is 10.2 Å². The molecule has 3 heterocycles. The number of benzene rings is 2. The average molecular weight is 657 g/mol. The molecule has 5 nitrogen and oxygen atoms in total. The fourth-order valence-electron chi connectivity index (χ4n) is 4.31. The molecule has 0 fully saturated rings. The highest BCUT2D eigenvalue weighted by molar-refractivity contribution is 14.1. The molecule has 2 aliphatic rings. The van der Waals surface area contributed by atoms with Crippen molar-refractivity contribution in [1.29, 1.82) is 0 Å². The minimum absolute atomic E-state index is 0.00341. The Balaban J connectivity index is 1.42. The first-order valence-corrected chi connectivity index (χ1v) is 13.0. The second kappa shape index (κ2) is 8.87. The largest absolute Gasteiger partial charge is 0.495 e. The molecule has 0 bridgehead atoms. The monoisotopic (exact) mass is 657 g/mol. The molecule has 0 saturated heterocycles. The molecule has 8 heteroatoms. The summed E-state index contributed by atoms with van der Waals surface area (Å²) in [7, 11) is 1.68. The third-order valence-electron chi connectivity index (χ3n) is 5.72. The van der Waals surface area contributed by atoms with Crippen molar-refractivity contribution < 1.29 is 9.53 Å². The van der Waals surface area contributed by atoms with Crippen molar-refractivity contribution in [2.24, 2.45) is 0 Å². The normalized spacial score (nSPS) is 18.0. The van der Waals surface area contributed by atoms with Gasteiger partial charge >= 0.3 is 0 Å². The molecule has 1 amide bonds. The number of nitrogens with one attached hydrogen (secondary N) is 2. The molecule has 2 aliphatic heterocycles. The van der Waals surface area contributed by atoms with E-state index in [2.05, 4.69) is 103 Å². The van der Waals surface area contributed by atoms with Crippen LogP contribution in [0, 0.1) is 7.14 Å². The zero-order valence-electron chi connectivity index (χ0n) is 16.9. The summed E-state index contributed by atoms with van der Waals surface area (Å²) >= 11 is 6.30. The van der Waals surface area contributed by atoms with Gasteiger partial charge in [0.2, 0.25) is 0 Å². The molecule has 2 N–H and O–H groups in total. The van der Waals surface area contributed by atoms with Crippen molar-refractivity contribution in [3.63, 3.8) is 0 Å². The van der Waals surface area contributed by atoms with Crippen molar-refractivity contribution in [2.45, 2.75) is 25.7 Å². The summed E-state index contributed by atoms with van der Waals surface area (Å²) in [4.78, 5) is 16.9. The third-order valence-corrected chi connectivity index (χ3v) is 8.29. The number of carbonyl (C=O) groups excluding carboxylic acids is 1. The van der Waals surface area contributed by atoms with E-state index in [4.69, 9.17) is 4.74 Å². The standard InChI is InChI=1S/C23H21I2N3O2S/c1-30-20-16(9-14(24)10-17(20)25)21-26-22(29)19-15-7-8-28(11-13-5-3-2-4-6-13)12-18(15)31-23(19)27-21/h2-6,9-10,21,27H,7-8,11-12H2,1H3,(H,26,29). The molecule has 5 rings (SSSR count). The summed E-state index contributed by atoms with van der Waals surface area (Å²) < 4.78 is 7.80. The van der Waals surface area contributed by atoms with Gasteiger partial charge in [-0.2, -0.15) is 0 Å². The van der Waals surface area contributed by atoms with Crippen molar-refractivity contribution >= 4 is 67.4 Å². The lowest BCUT2D eigenvalue weighted by Gasteiger charge is -2.29. The highest BCUT2D eigenvalue weighted by atomic mass is 127. The fourth-order valence-corrected chi connectivity index (χ4v) is 7.74. The Morgan fingerprint density at radius 1 is 1.19 bits per heavy atom. The molecule has 31 heavy (non-hydrogen) atoms. The van der Waals surface area contributed by atoms with Gasteiger partial charge in [0.1, 0.15) is 16.9 Å². The number of hydrogen-bond donors (Lipinski definition) is 2. The minimum Gasteiger partial charge on any atom is -0.495 e. The van der Waals surface area contributed by atoms with Crippen LogP contribution in [0.15, 0.2) is 42.5 Å². The molecule has 1 aromatic heterocycles. The Hall–Kier alpha value is -1.37. The molecule has 3 aromatic rings. The molecule has 1 unspecified atom stereocenters. The predicted octanol–water partition coefficient (Wildman–Crippen LogP) is 5.38. The van der Waals surface area contributed by atoms with Crippen molar-refractivity contribution in [3.8, 4) is 5.75 Å². The quantitative estimate of drug-likeness (QED) is 0.371. The maximum Gasteiger partial charge on any atom is 0.256 e. The van der Waals surface area contributed by atoms with Crippen LogP contribution in [-0.4, -0.2) is 24.5 Å². The second-order valence-electron chi connectivity index (χ2n) is 7.72. The zero-order chi connectivity index (χ0) is 21.5. The average Bonchev–Trinajstić information content (AvgIpc) is 3.12. The van der Waals surface area contributed by atoms with Gasteiger partial charge in [0, 0.05) is 33.6 Å². The second-order valence-corrected chi connectivity index (χ2v) is 11.2. The topological polar surface area (TPSA) is 53.6 Å². The number of methoxy groups -OCH3 is 1. The Bertz CT molecular complexity index is 1150. The molecule has 0 aliphatic carbocycles. The first-order chi connectivity index (χ1) is 15.0. The number of anilines is 1. The van der Waals surface area contributed by atoms with Crippen LogP contribution >= 0.6 is 56.5 Å². The van der Waals surface area contributed by atoms with E-state index in [9.17, 15) is 4.79 Å². The van der Waals surface area contributed by atoms with Gasteiger partial charge in [-0.15, -0.1) is 11.3 Å². The van der Waals surface area contributed by atoms with Gasteiger partial charge in [0.25, 0.3) is 5.91 Å². The van der Waals surface area contributed by atoms with E-state index in [1.54, 1.807) is 18.4 Å². The number of amides is 1. The van der Waals surface area contributed by atoms with Crippen LogP contribution < -0.4 is 15.4 Å². The van der Waals surface area contributed by atoms with Crippen LogP contribution in [0.4, 0.5) is 5.00 Å². The molecular formula is C23H21I2N3O2S. The van der Waals surface area contributed by atoms with Gasteiger partial charge < -0.3 is 15.4 Å². The van der Waals surface area contributed by atoms with E-state index in [1.165, 1.54) is 16.0 Å².